The highest BCUT2D eigenvalue weighted by atomic mass is 79.9. The lowest BCUT2D eigenvalue weighted by molar-refractivity contribution is 0.0976. The SMILES string of the molecule is COc1ccc(-c2nc3cc(NC(=S)NC(=O)c4ccc5c(c4)OCCO5)ccc3o2)cc1Br. The van der Waals surface area contributed by atoms with Gasteiger partial charge in [0.25, 0.3) is 5.91 Å². The molecule has 2 N–H and O–H groups in total. The van der Waals surface area contributed by atoms with Gasteiger partial charge in [0.05, 0.1) is 11.6 Å². The van der Waals surface area contributed by atoms with Crippen molar-refractivity contribution in [3.63, 3.8) is 0 Å². The van der Waals surface area contributed by atoms with Gasteiger partial charge in [-0.3, -0.25) is 10.1 Å². The summed E-state index contributed by atoms with van der Waals surface area (Å²) in [5.74, 6) is 1.99. The van der Waals surface area contributed by atoms with Crippen molar-refractivity contribution in [2.24, 2.45) is 0 Å². The number of nitrogens with zero attached hydrogens (tertiary/aromatic N) is 1. The maximum absolute atomic E-state index is 12.6. The van der Waals surface area contributed by atoms with Gasteiger partial charge in [0.2, 0.25) is 5.89 Å². The van der Waals surface area contributed by atoms with Crippen LogP contribution in [-0.4, -0.2) is 36.3 Å². The fourth-order valence-electron chi connectivity index (χ4n) is 3.45. The molecule has 1 amide bonds. The van der Waals surface area contributed by atoms with Crippen molar-refractivity contribution in [1.29, 1.82) is 0 Å². The van der Waals surface area contributed by atoms with E-state index in [2.05, 4.69) is 31.5 Å². The van der Waals surface area contributed by atoms with E-state index in [9.17, 15) is 4.79 Å². The topological polar surface area (TPSA) is 94.9 Å². The lowest BCUT2D eigenvalue weighted by atomic mass is 10.2. The molecule has 0 radical (unpaired) electrons. The van der Waals surface area contributed by atoms with Crippen molar-refractivity contribution >= 4 is 56.0 Å². The molecule has 4 aromatic rings. The molecule has 3 aromatic carbocycles. The number of aromatic nitrogens is 1. The fraction of sp³-hybridized carbons (Fsp3) is 0.125. The molecule has 0 atom stereocenters. The first-order valence-corrected chi connectivity index (χ1v) is 11.5. The number of hydrogen-bond acceptors (Lipinski definition) is 7. The number of carbonyl (C=O) groups is 1. The zero-order valence-electron chi connectivity index (χ0n) is 17.9. The lowest BCUT2D eigenvalue weighted by Crippen LogP contribution is -2.34. The molecule has 0 saturated heterocycles. The van der Waals surface area contributed by atoms with Crippen molar-refractivity contribution < 1.29 is 23.4 Å². The van der Waals surface area contributed by atoms with Gasteiger partial charge in [-0.1, -0.05) is 0 Å². The van der Waals surface area contributed by atoms with Crippen LogP contribution < -0.4 is 24.8 Å². The van der Waals surface area contributed by atoms with Gasteiger partial charge in [-0.25, -0.2) is 4.98 Å². The summed E-state index contributed by atoms with van der Waals surface area (Å²) in [4.78, 5) is 17.2. The standard InChI is InChI=1S/C24H18BrN3O5S/c1-30-18-5-3-14(10-16(18)25)23-27-17-12-15(4-7-19(17)33-23)26-24(34)28-22(29)13-2-6-20-21(11-13)32-9-8-31-20/h2-7,10-12H,8-9H2,1H3,(H2,26,28,29,34). The number of amides is 1. The molecule has 0 aliphatic carbocycles. The Hall–Kier alpha value is -3.63. The van der Waals surface area contributed by atoms with Crippen LogP contribution in [0.25, 0.3) is 22.6 Å². The van der Waals surface area contributed by atoms with Crippen molar-refractivity contribution in [2.45, 2.75) is 0 Å². The molecule has 0 spiro atoms. The number of fused-ring (bicyclic) bond motifs is 2. The predicted octanol–water partition coefficient (Wildman–Crippen LogP) is 5.16. The molecule has 5 rings (SSSR count). The number of methoxy groups -OCH3 is 1. The zero-order chi connectivity index (χ0) is 23.7. The Morgan fingerprint density at radius 3 is 2.68 bits per heavy atom. The Kier molecular flexibility index (Phi) is 6.08. The highest BCUT2D eigenvalue weighted by molar-refractivity contribution is 9.10. The summed E-state index contributed by atoms with van der Waals surface area (Å²) >= 11 is 8.79. The summed E-state index contributed by atoms with van der Waals surface area (Å²) in [5.41, 5.74) is 3.15. The molecular weight excluding hydrogens is 522 g/mol. The van der Waals surface area contributed by atoms with E-state index in [0.29, 0.717) is 53.0 Å². The third-order valence-corrected chi connectivity index (χ3v) is 5.90. The maximum Gasteiger partial charge on any atom is 0.257 e. The third kappa shape index (κ3) is 4.55. The van der Waals surface area contributed by atoms with Gasteiger partial charge in [-0.05, 0) is 82.7 Å². The van der Waals surface area contributed by atoms with Gasteiger partial charge in [0.15, 0.2) is 22.2 Å². The molecule has 34 heavy (non-hydrogen) atoms. The minimum atomic E-state index is -0.357. The molecule has 0 fully saturated rings. The third-order valence-electron chi connectivity index (χ3n) is 5.08. The van der Waals surface area contributed by atoms with Crippen LogP contribution in [0.1, 0.15) is 10.4 Å². The van der Waals surface area contributed by atoms with E-state index in [1.165, 1.54) is 0 Å². The van der Waals surface area contributed by atoms with E-state index in [1.54, 1.807) is 43.5 Å². The van der Waals surface area contributed by atoms with Crippen molar-refractivity contribution in [2.75, 3.05) is 25.6 Å². The number of nitrogens with one attached hydrogen (secondary N) is 2. The van der Waals surface area contributed by atoms with Crippen molar-refractivity contribution in [3.05, 3.63) is 64.6 Å². The fourth-order valence-corrected chi connectivity index (χ4v) is 4.20. The van der Waals surface area contributed by atoms with E-state index >= 15 is 0 Å². The number of anilines is 1. The van der Waals surface area contributed by atoms with Crippen LogP contribution in [0.4, 0.5) is 5.69 Å². The summed E-state index contributed by atoms with van der Waals surface area (Å²) in [7, 11) is 1.61. The highest BCUT2D eigenvalue weighted by Crippen LogP contribution is 2.33. The van der Waals surface area contributed by atoms with Crippen LogP contribution in [0.5, 0.6) is 17.2 Å². The number of halogens is 1. The molecule has 1 aromatic heterocycles. The zero-order valence-corrected chi connectivity index (χ0v) is 20.3. The van der Waals surface area contributed by atoms with Gasteiger partial charge in [0, 0.05) is 16.8 Å². The molecular formula is C24H18BrN3O5S. The predicted molar refractivity (Wildman–Crippen MR) is 135 cm³/mol. The minimum absolute atomic E-state index is 0.155. The smallest absolute Gasteiger partial charge is 0.257 e. The van der Waals surface area contributed by atoms with E-state index in [1.807, 2.05) is 18.2 Å². The maximum atomic E-state index is 12.6. The summed E-state index contributed by atoms with van der Waals surface area (Å²) in [6, 6.07) is 16.0. The number of rotatable bonds is 4. The average Bonchev–Trinajstić information content (AvgIpc) is 3.27. The van der Waals surface area contributed by atoms with Crippen molar-refractivity contribution in [1.82, 2.24) is 10.3 Å². The largest absolute Gasteiger partial charge is 0.496 e. The number of benzene rings is 3. The van der Waals surface area contributed by atoms with Gasteiger partial charge in [-0.2, -0.15) is 0 Å². The number of ether oxygens (including phenoxy) is 3. The van der Waals surface area contributed by atoms with Crippen LogP contribution in [0.15, 0.2) is 63.5 Å². The van der Waals surface area contributed by atoms with Crippen LogP contribution >= 0.6 is 28.1 Å². The van der Waals surface area contributed by atoms with Crippen molar-refractivity contribution in [3.8, 4) is 28.7 Å². The average molecular weight is 540 g/mol. The highest BCUT2D eigenvalue weighted by Gasteiger charge is 2.16. The van der Waals surface area contributed by atoms with E-state index in [0.717, 1.165) is 15.8 Å². The molecule has 10 heteroatoms. The molecule has 0 unspecified atom stereocenters. The second-order valence-corrected chi connectivity index (χ2v) is 8.58. The van der Waals surface area contributed by atoms with Gasteiger partial charge >= 0.3 is 0 Å². The first-order valence-electron chi connectivity index (χ1n) is 10.3. The number of hydrogen-bond donors (Lipinski definition) is 2. The van der Waals surface area contributed by atoms with Crippen LogP contribution in [0.2, 0.25) is 0 Å². The van der Waals surface area contributed by atoms with Gasteiger partial charge in [0.1, 0.15) is 24.5 Å². The Bertz CT molecular complexity index is 1420. The Morgan fingerprint density at radius 2 is 1.88 bits per heavy atom. The molecule has 172 valence electrons. The second-order valence-electron chi connectivity index (χ2n) is 7.32. The molecule has 2 heterocycles. The Morgan fingerprint density at radius 1 is 1.06 bits per heavy atom. The first-order chi connectivity index (χ1) is 16.5. The summed E-state index contributed by atoms with van der Waals surface area (Å²) in [5, 5.41) is 5.83. The van der Waals surface area contributed by atoms with E-state index in [4.69, 9.17) is 30.8 Å². The van der Waals surface area contributed by atoms with Crippen LogP contribution in [0.3, 0.4) is 0 Å². The van der Waals surface area contributed by atoms with E-state index in [-0.39, 0.29) is 11.0 Å². The number of carbonyl (C=O) groups excluding carboxylic acids is 1. The molecule has 0 bridgehead atoms. The Balaban J connectivity index is 1.28. The lowest BCUT2D eigenvalue weighted by Gasteiger charge is -2.18. The molecule has 1 aliphatic heterocycles. The molecule has 1 aliphatic rings. The van der Waals surface area contributed by atoms with Crippen LogP contribution in [-0.2, 0) is 0 Å². The Labute approximate surface area is 208 Å². The number of thiocarbonyl (C=S) groups is 1. The second kappa shape index (κ2) is 9.32. The first kappa shape index (κ1) is 22.2. The quantitative estimate of drug-likeness (QED) is 0.343. The van der Waals surface area contributed by atoms with Gasteiger partial charge < -0.3 is 23.9 Å². The van der Waals surface area contributed by atoms with Gasteiger partial charge in [-0.15, -0.1) is 0 Å². The molecule has 8 nitrogen and oxygen atoms in total. The summed E-state index contributed by atoms with van der Waals surface area (Å²) < 4.78 is 23.0. The summed E-state index contributed by atoms with van der Waals surface area (Å²) in [6.45, 7) is 0.932. The molecule has 0 saturated carbocycles. The monoisotopic (exact) mass is 539 g/mol. The number of oxazole rings is 1. The minimum Gasteiger partial charge on any atom is -0.496 e. The van der Waals surface area contributed by atoms with E-state index < -0.39 is 0 Å². The van der Waals surface area contributed by atoms with Crippen LogP contribution in [0, 0.1) is 0 Å². The summed E-state index contributed by atoms with van der Waals surface area (Å²) in [6.07, 6.45) is 0. The normalized spacial score (nSPS) is 12.3.